The lowest BCUT2D eigenvalue weighted by molar-refractivity contribution is 0.425. The predicted octanol–water partition coefficient (Wildman–Crippen LogP) is 6.85. The zero-order chi connectivity index (χ0) is 24.3. The number of para-hydroxylation sites is 2. The molecule has 11 heteroatoms. The van der Waals surface area contributed by atoms with Crippen LogP contribution < -0.4 is 17.0 Å². The van der Waals surface area contributed by atoms with E-state index >= 15 is 0 Å². The number of quaternary nitrogens is 2. The topological polar surface area (TPSA) is 194 Å². The molecule has 200 valence electrons. The van der Waals surface area contributed by atoms with E-state index in [-0.39, 0.29) is 23.8 Å². The van der Waals surface area contributed by atoms with E-state index < -0.39 is 30.0 Å². The van der Waals surface area contributed by atoms with Crippen LogP contribution in [0.15, 0.2) is 52.3 Å². The molecule has 0 unspecified atom stereocenters. The van der Waals surface area contributed by atoms with E-state index in [4.69, 9.17) is 4.74 Å². The van der Waals surface area contributed by atoms with Gasteiger partial charge in [0.25, 0.3) is 10.1 Å². The van der Waals surface area contributed by atoms with Crippen LogP contribution in [0.3, 0.4) is 0 Å². The Morgan fingerprint density at radius 3 is 1.80 bits per heavy atom. The zero-order valence-electron chi connectivity index (χ0n) is 21.0. The Morgan fingerprint density at radius 1 is 0.743 bits per heavy atom. The molecular formula is C24H41N2O7S2+. The maximum absolute atomic E-state index is 11.8. The van der Waals surface area contributed by atoms with Crippen molar-refractivity contribution < 1.29 is 30.7 Å². The monoisotopic (exact) mass is 533 g/mol. The number of rotatable bonds is 15. The molecule has 9 nitrogen and oxygen atoms in total. The molecule has 2 aromatic rings. The van der Waals surface area contributed by atoms with Gasteiger partial charge >= 0.3 is 0 Å². The number of ether oxygens (including phenoxy) is 1. The van der Waals surface area contributed by atoms with Crippen LogP contribution in [-0.2, 0) is 26.7 Å². The molecule has 0 radical (unpaired) electrons. The van der Waals surface area contributed by atoms with Crippen molar-refractivity contribution in [1.29, 1.82) is 0 Å². The number of aryl methyl sites for hydroxylation is 1. The summed E-state index contributed by atoms with van der Waals surface area (Å²) in [6.45, 7) is 2.20. The van der Waals surface area contributed by atoms with Gasteiger partial charge in [0, 0.05) is 0 Å². The minimum Gasteiger partial charge on any atom is -0.744 e. The molecule has 0 aromatic heterocycles. The third-order valence-electron chi connectivity index (χ3n) is 5.47. The molecule has 0 bridgehead atoms. The van der Waals surface area contributed by atoms with E-state index in [1.165, 1.54) is 62.8 Å². The molecule has 0 saturated carbocycles. The highest BCUT2D eigenvalue weighted by Gasteiger charge is 2.21. The lowest BCUT2D eigenvalue weighted by Crippen LogP contribution is -2.06. The van der Waals surface area contributed by atoms with Gasteiger partial charge in [-0.05, 0) is 36.6 Å². The Kier molecular flexibility index (Phi) is 15.0. The Labute approximate surface area is 210 Å². The molecule has 0 aliphatic heterocycles. The van der Waals surface area contributed by atoms with E-state index in [1.54, 1.807) is 6.07 Å². The van der Waals surface area contributed by atoms with E-state index in [0.29, 0.717) is 12.0 Å². The largest absolute Gasteiger partial charge is 0.744 e. The average Bonchev–Trinajstić information content (AvgIpc) is 2.75. The molecule has 0 aliphatic rings. The van der Waals surface area contributed by atoms with Crippen molar-refractivity contribution in [3.05, 3.63) is 48.0 Å². The fourth-order valence-electron chi connectivity index (χ4n) is 3.73. The van der Waals surface area contributed by atoms with Crippen LogP contribution in [0.2, 0.25) is 0 Å². The SMILES string of the molecule is CCCCCCCCCCCCc1cccc(S(=O)(=O)[O-])c1Oc1ccccc1S(=O)(=O)O.[NH4+].[NH4+]. The summed E-state index contributed by atoms with van der Waals surface area (Å²) in [4.78, 5) is -1.06. The van der Waals surface area contributed by atoms with Crippen LogP contribution in [0.4, 0.5) is 0 Å². The van der Waals surface area contributed by atoms with Crippen molar-refractivity contribution in [2.24, 2.45) is 0 Å². The van der Waals surface area contributed by atoms with Crippen LogP contribution in [0.5, 0.6) is 11.5 Å². The first-order valence-corrected chi connectivity index (χ1v) is 14.3. The minimum atomic E-state index is -4.86. The van der Waals surface area contributed by atoms with Gasteiger partial charge in [-0.1, -0.05) is 89.0 Å². The second kappa shape index (κ2) is 15.9. The summed E-state index contributed by atoms with van der Waals surface area (Å²) < 4.78 is 73.9. The van der Waals surface area contributed by atoms with Gasteiger partial charge in [-0.3, -0.25) is 4.55 Å². The molecule has 0 saturated heterocycles. The van der Waals surface area contributed by atoms with Gasteiger partial charge < -0.3 is 21.6 Å². The Morgan fingerprint density at radius 2 is 1.26 bits per heavy atom. The molecule has 2 aromatic carbocycles. The molecule has 2 rings (SSSR count). The average molecular weight is 534 g/mol. The van der Waals surface area contributed by atoms with Crippen molar-refractivity contribution in [1.82, 2.24) is 12.3 Å². The first-order valence-electron chi connectivity index (χ1n) is 11.5. The standard InChI is InChI=1S/C24H34O7S2.2H3N/c1-2-3-4-5-6-7-8-9-10-11-15-20-16-14-19-23(33(28,29)30)24(20)31-21-17-12-13-18-22(21)32(25,26)27;;/h12-14,16-19H,2-11,15H2,1H3,(H,25,26,27)(H,28,29,30);2*1H3/p+1. The van der Waals surface area contributed by atoms with E-state index in [9.17, 15) is 25.9 Å². The van der Waals surface area contributed by atoms with Crippen molar-refractivity contribution in [2.45, 2.75) is 87.3 Å². The number of unbranched alkanes of at least 4 members (excludes halogenated alkanes) is 9. The summed E-state index contributed by atoms with van der Waals surface area (Å²) in [7, 11) is -9.47. The van der Waals surface area contributed by atoms with Gasteiger partial charge in [0.2, 0.25) is 0 Å². The fourth-order valence-corrected chi connectivity index (χ4v) is 4.99. The van der Waals surface area contributed by atoms with Crippen molar-refractivity contribution in [3.8, 4) is 11.5 Å². The van der Waals surface area contributed by atoms with Gasteiger partial charge in [-0.2, -0.15) is 8.42 Å². The third kappa shape index (κ3) is 11.1. The van der Waals surface area contributed by atoms with Crippen LogP contribution in [0, 0.1) is 0 Å². The van der Waals surface area contributed by atoms with E-state index in [2.05, 4.69) is 6.92 Å². The normalized spacial score (nSPS) is 11.4. The second-order valence-corrected chi connectivity index (χ2v) is 10.9. The van der Waals surface area contributed by atoms with E-state index in [0.717, 1.165) is 37.8 Å². The van der Waals surface area contributed by atoms with E-state index in [1.807, 2.05) is 0 Å². The lowest BCUT2D eigenvalue weighted by atomic mass is 10.0. The Balaban J connectivity index is 0.00000578. The van der Waals surface area contributed by atoms with Crippen LogP contribution >= 0.6 is 0 Å². The van der Waals surface area contributed by atoms with Gasteiger partial charge in [0.15, 0.2) is 0 Å². The summed E-state index contributed by atoms with van der Waals surface area (Å²) in [5.74, 6) is -0.444. The summed E-state index contributed by atoms with van der Waals surface area (Å²) in [5, 5.41) is 0. The molecular weight excluding hydrogens is 492 g/mol. The molecule has 0 amide bonds. The van der Waals surface area contributed by atoms with Crippen molar-refractivity contribution in [3.63, 3.8) is 0 Å². The number of hydrogen-bond donors (Lipinski definition) is 3. The predicted molar refractivity (Wildman–Crippen MR) is 138 cm³/mol. The lowest BCUT2D eigenvalue weighted by Gasteiger charge is -2.18. The first-order chi connectivity index (χ1) is 15.6. The highest BCUT2D eigenvalue weighted by atomic mass is 32.2. The Hall–Kier alpha value is -2.02. The van der Waals surface area contributed by atoms with Crippen molar-refractivity contribution >= 4 is 20.2 Å². The van der Waals surface area contributed by atoms with Crippen LogP contribution in [0.25, 0.3) is 0 Å². The fraction of sp³-hybridized carbons (Fsp3) is 0.500. The second-order valence-electron chi connectivity index (χ2n) is 8.15. The van der Waals surface area contributed by atoms with Gasteiger partial charge in [-0.15, -0.1) is 0 Å². The molecule has 0 aliphatic carbocycles. The molecule has 0 heterocycles. The molecule has 0 spiro atoms. The number of benzene rings is 2. The summed E-state index contributed by atoms with van der Waals surface area (Å²) in [6, 6.07) is 9.58. The first kappa shape index (κ1) is 33.0. The summed E-state index contributed by atoms with van der Waals surface area (Å²) >= 11 is 0. The molecule has 0 atom stereocenters. The van der Waals surface area contributed by atoms with Crippen molar-refractivity contribution in [2.75, 3.05) is 0 Å². The molecule has 0 fully saturated rings. The maximum atomic E-state index is 11.8. The zero-order valence-corrected chi connectivity index (χ0v) is 22.7. The van der Waals surface area contributed by atoms with Gasteiger partial charge in [-0.25, -0.2) is 8.42 Å². The quantitative estimate of drug-likeness (QED) is 0.164. The third-order valence-corrected chi connectivity index (χ3v) is 7.22. The smallest absolute Gasteiger partial charge is 0.298 e. The maximum Gasteiger partial charge on any atom is 0.298 e. The minimum absolute atomic E-state index is 0. The van der Waals surface area contributed by atoms with Crippen LogP contribution in [-0.4, -0.2) is 25.9 Å². The van der Waals surface area contributed by atoms with Gasteiger partial charge in [0.1, 0.15) is 26.5 Å². The van der Waals surface area contributed by atoms with Gasteiger partial charge in [0.05, 0.1) is 4.90 Å². The highest BCUT2D eigenvalue weighted by Crippen LogP contribution is 2.36. The molecule has 9 N–H and O–H groups in total. The summed E-state index contributed by atoms with van der Waals surface area (Å²) in [6.07, 6.45) is 11.9. The summed E-state index contributed by atoms with van der Waals surface area (Å²) in [5.41, 5.74) is 0.497. The van der Waals surface area contributed by atoms with Crippen LogP contribution in [0.1, 0.15) is 76.7 Å². The highest BCUT2D eigenvalue weighted by molar-refractivity contribution is 7.86. The Bertz CT molecular complexity index is 1100. The number of hydrogen-bond acceptors (Lipinski definition) is 6. The molecule has 35 heavy (non-hydrogen) atoms.